The van der Waals surface area contributed by atoms with E-state index in [-0.39, 0.29) is 11.6 Å². The minimum atomic E-state index is -1.01. The van der Waals surface area contributed by atoms with Gasteiger partial charge in [-0.15, -0.1) is 11.6 Å². The lowest BCUT2D eigenvalue weighted by atomic mass is 10.2. The second kappa shape index (κ2) is 5.67. The molecule has 0 unspecified atom stereocenters. The Bertz CT molecular complexity index is 575. The van der Waals surface area contributed by atoms with E-state index in [1.807, 2.05) is 0 Å². The fraction of sp³-hybridized carbons (Fsp3) is 0.0769. The van der Waals surface area contributed by atoms with Crippen molar-refractivity contribution in [1.29, 1.82) is 0 Å². The van der Waals surface area contributed by atoms with Gasteiger partial charge in [0.05, 0.1) is 5.88 Å². The predicted molar refractivity (Wildman–Crippen MR) is 70.1 cm³/mol. The van der Waals surface area contributed by atoms with Crippen molar-refractivity contribution in [2.75, 3.05) is 0 Å². The molecule has 0 amide bonds. The summed E-state index contributed by atoms with van der Waals surface area (Å²) in [5.74, 6) is -1.51. The van der Waals surface area contributed by atoms with Crippen LogP contribution in [0.25, 0.3) is 0 Å². The monoisotopic (exact) mass is 332 g/mol. The molecule has 0 atom stereocenters. The molecule has 1 nitrogen and oxygen atoms in total. The SMILES string of the molecule is Fc1cccc(Oc2ccc(Br)cc2CCl)c1F. The van der Waals surface area contributed by atoms with Gasteiger partial charge in [0.15, 0.2) is 11.6 Å². The lowest BCUT2D eigenvalue weighted by Crippen LogP contribution is -1.94. The van der Waals surface area contributed by atoms with Crippen molar-refractivity contribution < 1.29 is 13.5 Å². The van der Waals surface area contributed by atoms with E-state index in [4.69, 9.17) is 16.3 Å². The van der Waals surface area contributed by atoms with Gasteiger partial charge in [-0.3, -0.25) is 0 Å². The summed E-state index contributed by atoms with van der Waals surface area (Å²) < 4.78 is 32.7. The number of benzene rings is 2. The quantitative estimate of drug-likeness (QED) is 0.696. The molecule has 2 rings (SSSR count). The van der Waals surface area contributed by atoms with Gasteiger partial charge in [0.1, 0.15) is 5.75 Å². The lowest BCUT2D eigenvalue weighted by Gasteiger charge is -2.10. The molecule has 0 aromatic heterocycles. The lowest BCUT2D eigenvalue weighted by molar-refractivity contribution is 0.414. The molecule has 0 spiro atoms. The Hall–Kier alpha value is -1.13. The van der Waals surface area contributed by atoms with Crippen molar-refractivity contribution in [3.05, 3.63) is 58.1 Å². The van der Waals surface area contributed by atoms with Crippen LogP contribution in [0.4, 0.5) is 8.78 Å². The van der Waals surface area contributed by atoms with E-state index in [2.05, 4.69) is 15.9 Å². The van der Waals surface area contributed by atoms with Crippen LogP contribution >= 0.6 is 27.5 Å². The summed E-state index contributed by atoms with van der Waals surface area (Å²) in [4.78, 5) is 0. The van der Waals surface area contributed by atoms with Gasteiger partial charge in [-0.1, -0.05) is 22.0 Å². The summed E-state index contributed by atoms with van der Waals surface area (Å²) in [6.45, 7) is 0. The van der Waals surface area contributed by atoms with Crippen molar-refractivity contribution in [3.8, 4) is 11.5 Å². The third-order valence-corrected chi connectivity index (χ3v) is 3.08. The van der Waals surface area contributed by atoms with Crippen LogP contribution in [0.15, 0.2) is 40.9 Å². The van der Waals surface area contributed by atoms with E-state index in [0.29, 0.717) is 11.3 Å². The van der Waals surface area contributed by atoms with Crippen LogP contribution in [0.5, 0.6) is 11.5 Å². The zero-order valence-corrected chi connectivity index (χ0v) is 11.4. The Labute approximate surface area is 116 Å². The summed E-state index contributed by atoms with van der Waals surface area (Å²) in [6, 6.07) is 8.92. The molecule has 18 heavy (non-hydrogen) atoms. The standard InChI is InChI=1S/C13H8BrClF2O/c14-9-4-5-11(8(6-9)7-15)18-12-3-1-2-10(16)13(12)17/h1-6H,7H2. The molecule has 5 heteroatoms. The summed E-state index contributed by atoms with van der Waals surface area (Å²) in [6.07, 6.45) is 0. The predicted octanol–water partition coefficient (Wildman–Crippen LogP) is 5.26. The van der Waals surface area contributed by atoms with E-state index < -0.39 is 11.6 Å². The maximum Gasteiger partial charge on any atom is 0.201 e. The zero-order chi connectivity index (χ0) is 13.1. The molecule has 0 bridgehead atoms. The first-order valence-electron chi connectivity index (χ1n) is 5.08. The van der Waals surface area contributed by atoms with Crippen LogP contribution in [-0.2, 0) is 5.88 Å². The van der Waals surface area contributed by atoms with E-state index in [1.165, 1.54) is 12.1 Å². The molecule has 0 fully saturated rings. The van der Waals surface area contributed by atoms with Gasteiger partial charge >= 0.3 is 0 Å². The molecule has 0 N–H and O–H groups in total. The number of hydrogen-bond donors (Lipinski definition) is 0. The number of hydrogen-bond acceptors (Lipinski definition) is 1. The third kappa shape index (κ3) is 2.82. The molecular formula is C13H8BrClF2O. The van der Waals surface area contributed by atoms with Crippen LogP contribution in [-0.4, -0.2) is 0 Å². The highest BCUT2D eigenvalue weighted by atomic mass is 79.9. The summed E-state index contributed by atoms with van der Waals surface area (Å²) in [7, 11) is 0. The van der Waals surface area contributed by atoms with Crippen LogP contribution in [0.2, 0.25) is 0 Å². The maximum atomic E-state index is 13.5. The highest BCUT2D eigenvalue weighted by molar-refractivity contribution is 9.10. The van der Waals surface area contributed by atoms with Gasteiger partial charge in [0.2, 0.25) is 5.82 Å². The first-order chi connectivity index (χ1) is 8.61. The molecule has 0 aliphatic carbocycles. The highest BCUT2D eigenvalue weighted by Gasteiger charge is 2.11. The average Bonchev–Trinajstić information content (AvgIpc) is 2.37. The zero-order valence-electron chi connectivity index (χ0n) is 9.09. The van der Waals surface area contributed by atoms with E-state index in [1.54, 1.807) is 18.2 Å². The van der Waals surface area contributed by atoms with Gasteiger partial charge in [-0.2, -0.15) is 4.39 Å². The molecule has 0 radical (unpaired) electrons. The number of alkyl halides is 1. The van der Waals surface area contributed by atoms with Crippen molar-refractivity contribution in [3.63, 3.8) is 0 Å². The average molecular weight is 334 g/mol. The molecule has 2 aromatic rings. The van der Waals surface area contributed by atoms with Gasteiger partial charge in [0.25, 0.3) is 0 Å². The van der Waals surface area contributed by atoms with Crippen LogP contribution in [0, 0.1) is 11.6 Å². The Morgan fingerprint density at radius 3 is 2.61 bits per heavy atom. The topological polar surface area (TPSA) is 9.23 Å². The highest BCUT2D eigenvalue weighted by Crippen LogP contribution is 2.31. The fourth-order valence-corrected chi connectivity index (χ4v) is 2.05. The molecule has 0 heterocycles. The molecule has 0 aliphatic rings. The second-order valence-electron chi connectivity index (χ2n) is 3.54. The summed E-state index contributed by atoms with van der Waals surface area (Å²) in [5, 5.41) is 0. The van der Waals surface area contributed by atoms with Crippen LogP contribution < -0.4 is 4.74 Å². The number of halogens is 4. The molecule has 2 aromatic carbocycles. The van der Waals surface area contributed by atoms with Crippen LogP contribution in [0.3, 0.4) is 0 Å². The van der Waals surface area contributed by atoms with Gasteiger partial charge in [-0.05, 0) is 30.3 Å². The smallest absolute Gasteiger partial charge is 0.201 e. The summed E-state index contributed by atoms with van der Waals surface area (Å²) in [5.41, 5.74) is 0.690. The Morgan fingerprint density at radius 2 is 1.89 bits per heavy atom. The van der Waals surface area contributed by atoms with E-state index >= 15 is 0 Å². The van der Waals surface area contributed by atoms with Crippen molar-refractivity contribution in [2.24, 2.45) is 0 Å². The fourth-order valence-electron chi connectivity index (χ4n) is 1.43. The number of rotatable bonds is 3. The van der Waals surface area contributed by atoms with Crippen molar-refractivity contribution in [2.45, 2.75) is 5.88 Å². The minimum absolute atomic E-state index is 0.163. The largest absolute Gasteiger partial charge is 0.454 e. The summed E-state index contributed by atoms with van der Waals surface area (Å²) >= 11 is 9.07. The van der Waals surface area contributed by atoms with E-state index in [0.717, 1.165) is 10.5 Å². The normalized spacial score (nSPS) is 10.4. The molecule has 0 saturated heterocycles. The Morgan fingerprint density at radius 1 is 1.11 bits per heavy atom. The van der Waals surface area contributed by atoms with Gasteiger partial charge in [0, 0.05) is 10.0 Å². The molecule has 0 aliphatic heterocycles. The second-order valence-corrected chi connectivity index (χ2v) is 4.72. The molecule has 94 valence electrons. The molecule has 0 saturated carbocycles. The van der Waals surface area contributed by atoms with E-state index in [9.17, 15) is 8.78 Å². The third-order valence-electron chi connectivity index (χ3n) is 2.30. The Balaban J connectivity index is 2.37. The Kier molecular flexibility index (Phi) is 4.19. The first-order valence-corrected chi connectivity index (χ1v) is 6.41. The van der Waals surface area contributed by atoms with Crippen molar-refractivity contribution >= 4 is 27.5 Å². The minimum Gasteiger partial charge on any atom is -0.454 e. The molecular weight excluding hydrogens is 325 g/mol. The van der Waals surface area contributed by atoms with Gasteiger partial charge in [-0.25, -0.2) is 4.39 Å². The first kappa shape index (κ1) is 13.3. The maximum absolute atomic E-state index is 13.5. The van der Waals surface area contributed by atoms with Crippen molar-refractivity contribution in [1.82, 2.24) is 0 Å². The van der Waals surface area contributed by atoms with Gasteiger partial charge < -0.3 is 4.74 Å². The van der Waals surface area contributed by atoms with Crippen LogP contribution in [0.1, 0.15) is 5.56 Å². The number of ether oxygens (including phenoxy) is 1.